The first-order valence-electron chi connectivity index (χ1n) is 12.0. The third-order valence-corrected chi connectivity index (χ3v) is 6.86. The summed E-state index contributed by atoms with van der Waals surface area (Å²) in [5, 5.41) is 3.27. The molecule has 1 aliphatic carbocycles. The molecule has 1 saturated carbocycles. The van der Waals surface area contributed by atoms with Gasteiger partial charge in [0.2, 0.25) is 0 Å². The Kier molecular flexibility index (Phi) is 6.11. The van der Waals surface area contributed by atoms with Crippen LogP contribution in [0.1, 0.15) is 44.6 Å². The van der Waals surface area contributed by atoms with E-state index in [1.54, 1.807) is 7.11 Å². The molecular formula is C26H32N4O3. The summed E-state index contributed by atoms with van der Waals surface area (Å²) in [6.07, 6.45) is 5.89. The van der Waals surface area contributed by atoms with Crippen LogP contribution in [0.5, 0.6) is 17.2 Å². The Morgan fingerprint density at radius 1 is 1.09 bits per heavy atom. The Morgan fingerprint density at radius 3 is 2.70 bits per heavy atom. The van der Waals surface area contributed by atoms with Crippen molar-refractivity contribution in [2.24, 2.45) is 4.99 Å². The number of nitrogens with zero attached hydrogens (tertiary/aromatic N) is 3. The second kappa shape index (κ2) is 9.33. The van der Waals surface area contributed by atoms with Gasteiger partial charge in [-0.15, -0.1) is 0 Å². The molecule has 1 atom stereocenters. The smallest absolute Gasteiger partial charge is 0.317 e. The van der Waals surface area contributed by atoms with Gasteiger partial charge in [-0.05, 0) is 44.0 Å². The largest absolute Gasteiger partial charge is 0.497 e. The molecule has 2 aliphatic heterocycles. The molecule has 2 aromatic carbocycles. The fourth-order valence-electron chi connectivity index (χ4n) is 5.02. The van der Waals surface area contributed by atoms with Crippen LogP contribution in [0.15, 0.2) is 47.5 Å². The molecule has 7 heteroatoms. The summed E-state index contributed by atoms with van der Waals surface area (Å²) in [6.45, 7) is 4.20. The minimum atomic E-state index is 0.0654. The molecule has 2 heterocycles. The van der Waals surface area contributed by atoms with Crippen molar-refractivity contribution in [2.75, 3.05) is 26.7 Å². The number of para-hydroxylation sites is 2. The maximum Gasteiger partial charge on any atom is 0.317 e. The van der Waals surface area contributed by atoms with E-state index >= 15 is 0 Å². The Labute approximate surface area is 195 Å². The van der Waals surface area contributed by atoms with E-state index in [-0.39, 0.29) is 12.1 Å². The van der Waals surface area contributed by atoms with E-state index < -0.39 is 0 Å². The number of rotatable bonds is 2. The molecule has 1 unspecified atom stereocenters. The lowest BCUT2D eigenvalue weighted by atomic mass is 9.96. The zero-order valence-electron chi connectivity index (χ0n) is 19.4. The van der Waals surface area contributed by atoms with Gasteiger partial charge in [0.05, 0.1) is 12.7 Å². The average Bonchev–Trinajstić information content (AvgIpc) is 3.00. The van der Waals surface area contributed by atoms with Crippen molar-refractivity contribution in [2.45, 2.75) is 51.1 Å². The van der Waals surface area contributed by atoms with Crippen LogP contribution in [0.4, 0.5) is 10.5 Å². The number of ether oxygens (including phenoxy) is 2. The van der Waals surface area contributed by atoms with Crippen molar-refractivity contribution in [3.63, 3.8) is 0 Å². The number of nitrogens with one attached hydrogen (secondary N) is 1. The zero-order chi connectivity index (χ0) is 22.8. The Balaban J connectivity index is 1.38. The van der Waals surface area contributed by atoms with E-state index in [9.17, 15) is 4.79 Å². The minimum absolute atomic E-state index is 0.0654. The lowest BCUT2D eigenvalue weighted by Gasteiger charge is -2.41. The fraction of sp³-hybridized carbons (Fsp3) is 0.462. The number of carbonyl (C=O) groups excluding carboxylic acids is 1. The number of amides is 2. The van der Waals surface area contributed by atoms with E-state index in [2.05, 4.69) is 17.1 Å². The van der Waals surface area contributed by atoms with Crippen molar-refractivity contribution in [1.29, 1.82) is 0 Å². The van der Waals surface area contributed by atoms with Gasteiger partial charge >= 0.3 is 6.03 Å². The maximum absolute atomic E-state index is 13.0. The lowest BCUT2D eigenvalue weighted by molar-refractivity contribution is 0.130. The molecule has 2 fully saturated rings. The first-order valence-corrected chi connectivity index (χ1v) is 12.0. The molecule has 0 spiro atoms. The number of carbonyl (C=O) groups is 1. The first kappa shape index (κ1) is 21.6. The van der Waals surface area contributed by atoms with E-state index in [1.165, 1.54) is 19.3 Å². The van der Waals surface area contributed by atoms with E-state index in [0.29, 0.717) is 19.1 Å². The van der Waals surface area contributed by atoms with Gasteiger partial charge in [-0.2, -0.15) is 0 Å². The molecule has 0 bridgehead atoms. The Bertz CT molecular complexity index is 1050. The van der Waals surface area contributed by atoms with Crippen molar-refractivity contribution in [3.05, 3.63) is 48.0 Å². The van der Waals surface area contributed by atoms with Crippen molar-refractivity contribution in [3.8, 4) is 17.2 Å². The number of aliphatic imine (C=N–C) groups is 1. The highest BCUT2D eigenvalue weighted by molar-refractivity contribution is 6.04. The number of amidine groups is 1. The summed E-state index contributed by atoms with van der Waals surface area (Å²) in [5.74, 6) is 3.06. The molecule has 174 valence electrons. The van der Waals surface area contributed by atoms with E-state index in [0.717, 1.165) is 53.7 Å². The number of hydrogen-bond acceptors (Lipinski definition) is 5. The predicted octanol–water partition coefficient (Wildman–Crippen LogP) is 4.93. The third-order valence-electron chi connectivity index (χ3n) is 6.86. The minimum Gasteiger partial charge on any atom is -0.497 e. The topological polar surface area (TPSA) is 66.4 Å². The molecule has 1 saturated heterocycles. The van der Waals surface area contributed by atoms with Crippen LogP contribution in [0.2, 0.25) is 0 Å². The summed E-state index contributed by atoms with van der Waals surface area (Å²) >= 11 is 0. The summed E-state index contributed by atoms with van der Waals surface area (Å²) in [4.78, 5) is 22.2. The van der Waals surface area contributed by atoms with E-state index in [1.807, 2.05) is 47.4 Å². The molecule has 7 nitrogen and oxygen atoms in total. The third kappa shape index (κ3) is 4.49. The zero-order valence-corrected chi connectivity index (χ0v) is 19.4. The highest BCUT2D eigenvalue weighted by atomic mass is 16.5. The normalized spacial score (nSPS) is 20.7. The van der Waals surface area contributed by atoms with Gasteiger partial charge in [0.15, 0.2) is 5.75 Å². The second-order valence-corrected chi connectivity index (χ2v) is 9.14. The number of methoxy groups -OCH3 is 1. The van der Waals surface area contributed by atoms with E-state index in [4.69, 9.17) is 14.5 Å². The van der Waals surface area contributed by atoms with Gasteiger partial charge < -0.3 is 24.6 Å². The van der Waals surface area contributed by atoms with Crippen LogP contribution in [-0.4, -0.2) is 60.5 Å². The lowest BCUT2D eigenvalue weighted by Crippen LogP contribution is -2.58. The van der Waals surface area contributed by atoms with Gasteiger partial charge in [0.1, 0.15) is 23.0 Å². The Hall–Kier alpha value is -3.22. The van der Waals surface area contributed by atoms with Gasteiger partial charge in [0.25, 0.3) is 0 Å². The van der Waals surface area contributed by atoms with Gasteiger partial charge in [-0.3, -0.25) is 0 Å². The molecular weight excluding hydrogens is 416 g/mol. The van der Waals surface area contributed by atoms with Crippen molar-refractivity contribution < 1.29 is 14.3 Å². The molecule has 2 aromatic rings. The molecule has 33 heavy (non-hydrogen) atoms. The van der Waals surface area contributed by atoms with Crippen LogP contribution < -0.4 is 14.8 Å². The highest BCUT2D eigenvalue weighted by Gasteiger charge is 2.32. The average molecular weight is 449 g/mol. The van der Waals surface area contributed by atoms with Crippen molar-refractivity contribution in [1.82, 2.24) is 15.1 Å². The monoisotopic (exact) mass is 448 g/mol. The standard InChI is InChI=1S/C26H32N4O3/c1-18-17-29(14-15-30(18)26(31)27-19-8-4-3-5-9-19)25-21-13-12-20(32-2)16-24(21)33-23-11-7-6-10-22(23)28-25/h6-7,10-13,16,18-19H,3-5,8-9,14-15,17H2,1-2H3,(H,27,31). The SMILES string of the molecule is COc1ccc2c(c1)Oc1ccccc1N=C2N1CCN(C(=O)NC2CCCCC2)C(C)C1. The molecule has 1 N–H and O–H groups in total. The van der Waals surface area contributed by atoms with Gasteiger partial charge in [-0.25, -0.2) is 9.79 Å². The number of benzene rings is 2. The summed E-state index contributed by atoms with van der Waals surface area (Å²) in [5.41, 5.74) is 1.73. The van der Waals surface area contributed by atoms with Crippen LogP contribution in [0.3, 0.4) is 0 Å². The fourth-order valence-corrected chi connectivity index (χ4v) is 5.02. The van der Waals surface area contributed by atoms with Crippen LogP contribution in [-0.2, 0) is 0 Å². The maximum atomic E-state index is 13.0. The molecule has 0 radical (unpaired) electrons. The number of hydrogen-bond donors (Lipinski definition) is 1. The summed E-state index contributed by atoms with van der Waals surface area (Å²) in [6, 6.07) is 14.1. The second-order valence-electron chi connectivity index (χ2n) is 9.14. The first-order chi connectivity index (χ1) is 16.1. The number of piperazine rings is 1. The van der Waals surface area contributed by atoms with Crippen molar-refractivity contribution >= 4 is 17.6 Å². The van der Waals surface area contributed by atoms with Crippen LogP contribution in [0.25, 0.3) is 0 Å². The van der Waals surface area contributed by atoms with Crippen LogP contribution >= 0.6 is 0 Å². The molecule has 5 rings (SSSR count). The highest BCUT2D eigenvalue weighted by Crippen LogP contribution is 2.39. The molecule has 2 amide bonds. The summed E-state index contributed by atoms with van der Waals surface area (Å²) in [7, 11) is 1.65. The van der Waals surface area contributed by atoms with Gasteiger partial charge in [-0.1, -0.05) is 31.4 Å². The molecule has 3 aliphatic rings. The molecule has 0 aromatic heterocycles. The predicted molar refractivity (Wildman–Crippen MR) is 129 cm³/mol. The number of fused-ring (bicyclic) bond motifs is 2. The van der Waals surface area contributed by atoms with Crippen LogP contribution in [0, 0.1) is 0 Å². The quantitative estimate of drug-likeness (QED) is 0.708. The Morgan fingerprint density at radius 2 is 1.91 bits per heavy atom. The number of urea groups is 1. The summed E-state index contributed by atoms with van der Waals surface area (Å²) < 4.78 is 11.7. The van der Waals surface area contributed by atoms with Gasteiger partial charge in [0, 0.05) is 37.8 Å².